The van der Waals surface area contributed by atoms with Gasteiger partial charge in [0.15, 0.2) is 5.65 Å². The van der Waals surface area contributed by atoms with Gasteiger partial charge in [-0.1, -0.05) is 0 Å². The summed E-state index contributed by atoms with van der Waals surface area (Å²) in [5.74, 6) is -0.770. The van der Waals surface area contributed by atoms with Crippen LogP contribution in [0, 0.1) is 0 Å². The summed E-state index contributed by atoms with van der Waals surface area (Å²) in [5.41, 5.74) is 11.5. The normalized spacial score (nSPS) is 11.6. The highest BCUT2D eigenvalue weighted by molar-refractivity contribution is 5.73. The fourth-order valence-electron chi connectivity index (χ4n) is 2.94. The number of ether oxygens (including phenoxy) is 1. The van der Waals surface area contributed by atoms with E-state index in [1.807, 2.05) is 0 Å². The lowest BCUT2D eigenvalue weighted by molar-refractivity contribution is -0.137. The Morgan fingerprint density at radius 3 is 2.50 bits per heavy atom. The molecule has 32 heavy (non-hydrogen) atoms. The largest absolute Gasteiger partial charge is 0.477 e. The molecule has 0 saturated carbocycles. The van der Waals surface area contributed by atoms with Crippen LogP contribution in [-0.2, 0) is 11.0 Å². The van der Waals surface area contributed by atoms with Crippen molar-refractivity contribution in [1.82, 2.24) is 24.6 Å². The molecule has 0 saturated heterocycles. The maximum absolute atomic E-state index is 13.2. The minimum absolute atomic E-state index is 0.0705. The Bertz CT molecular complexity index is 1290. The quantitative estimate of drug-likeness (QED) is 0.468. The molecule has 0 aliphatic rings. The van der Waals surface area contributed by atoms with Gasteiger partial charge in [-0.3, -0.25) is 4.79 Å². The van der Waals surface area contributed by atoms with E-state index in [2.05, 4.69) is 20.1 Å². The molecule has 9 nitrogen and oxygen atoms in total. The number of fused-ring (bicyclic) bond motifs is 1. The lowest BCUT2D eigenvalue weighted by Crippen LogP contribution is -2.14. The second kappa shape index (κ2) is 8.13. The van der Waals surface area contributed by atoms with Gasteiger partial charge in [-0.15, -0.1) is 0 Å². The SMILES string of the molecule is NC(=O)CCOc1ccc(-c2ccc3ncc(-c4cnc(N)c(C(F)(F)F)c4)n3n2)cn1. The number of nitrogens with zero attached hydrogens (tertiary/aromatic N) is 5. The number of nitrogens with two attached hydrogens (primary N) is 2. The number of rotatable bonds is 6. The van der Waals surface area contributed by atoms with Crippen molar-refractivity contribution in [2.45, 2.75) is 12.6 Å². The molecule has 4 N–H and O–H groups in total. The van der Waals surface area contributed by atoms with Gasteiger partial charge in [-0.05, 0) is 24.3 Å². The molecule has 0 bridgehead atoms. The van der Waals surface area contributed by atoms with Gasteiger partial charge in [0, 0.05) is 29.6 Å². The number of halogens is 3. The van der Waals surface area contributed by atoms with Gasteiger partial charge in [0.05, 0.1) is 36.2 Å². The van der Waals surface area contributed by atoms with Crippen LogP contribution >= 0.6 is 0 Å². The first-order valence-corrected chi connectivity index (χ1v) is 9.28. The van der Waals surface area contributed by atoms with E-state index >= 15 is 0 Å². The number of hydrogen-bond acceptors (Lipinski definition) is 7. The molecule has 0 aliphatic carbocycles. The van der Waals surface area contributed by atoms with Crippen molar-refractivity contribution in [1.29, 1.82) is 0 Å². The third-order valence-electron chi connectivity index (χ3n) is 4.51. The Kier molecular flexibility index (Phi) is 5.34. The molecular weight excluding hydrogens is 427 g/mol. The second-order valence-electron chi connectivity index (χ2n) is 6.74. The van der Waals surface area contributed by atoms with Gasteiger partial charge < -0.3 is 16.2 Å². The molecule has 12 heteroatoms. The lowest BCUT2D eigenvalue weighted by atomic mass is 10.1. The van der Waals surface area contributed by atoms with Crippen molar-refractivity contribution in [3.05, 3.63) is 54.5 Å². The Morgan fingerprint density at radius 1 is 1.03 bits per heavy atom. The lowest BCUT2D eigenvalue weighted by Gasteiger charge is -2.11. The van der Waals surface area contributed by atoms with Crippen LogP contribution in [0.15, 0.2) is 48.9 Å². The van der Waals surface area contributed by atoms with Crippen LogP contribution in [0.1, 0.15) is 12.0 Å². The van der Waals surface area contributed by atoms with Crippen LogP contribution in [0.25, 0.3) is 28.2 Å². The first kappa shape index (κ1) is 21.0. The zero-order valence-corrected chi connectivity index (χ0v) is 16.4. The van der Waals surface area contributed by atoms with Crippen molar-refractivity contribution < 1.29 is 22.7 Å². The summed E-state index contributed by atoms with van der Waals surface area (Å²) in [4.78, 5) is 22.8. The van der Waals surface area contributed by atoms with E-state index in [0.29, 0.717) is 28.5 Å². The van der Waals surface area contributed by atoms with Crippen LogP contribution in [0.2, 0.25) is 0 Å². The standard InChI is InChI=1S/C20H16F3N7O2/c21-20(22,23)13-7-12(9-28-19(13)25)15-10-26-17-3-2-14(29-30(15)17)11-1-4-18(27-8-11)32-6-5-16(24)31/h1-4,7-10H,5-6H2,(H2,24,31)(H2,25,28). The number of hydrogen-bond donors (Lipinski definition) is 2. The van der Waals surface area contributed by atoms with E-state index in [4.69, 9.17) is 16.2 Å². The second-order valence-corrected chi connectivity index (χ2v) is 6.74. The van der Waals surface area contributed by atoms with Gasteiger partial charge in [0.1, 0.15) is 5.82 Å². The number of amides is 1. The molecule has 4 aromatic heterocycles. The van der Waals surface area contributed by atoms with Crippen molar-refractivity contribution in [3.63, 3.8) is 0 Å². The number of nitrogen functional groups attached to an aromatic ring is 1. The van der Waals surface area contributed by atoms with Crippen molar-refractivity contribution in [2.75, 3.05) is 12.3 Å². The van der Waals surface area contributed by atoms with Crippen molar-refractivity contribution in [2.24, 2.45) is 5.73 Å². The zero-order chi connectivity index (χ0) is 22.9. The monoisotopic (exact) mass is 443 g/mol. The third kappa shape index (κ3) is 4.29. The average Bonchev–Trinajstić information content (AvgIpc) is 3.17. The minimum Gasteiger partial charge on any atom is -0.477 e. The summed E-state index contributed by atoms with van der Waals surface area (Å²) in [5, 5.41) is 4.48. The highest BCUT2D eigenvalue weighted by Gasteiger charge is 2.34. The topological polar surface area (TPSA) is 134 Å². The number of carbonyl (C=O) groups excluding carboxylic acids is 1. The molecule has 4 rings (SSSR count). The number of alkyl halides is 3. The molecule has 0 spiro atoms. The molecule has 0 aromatic carbocycles. The molecule has 0 fully saturated rings. The molecular formula is C20H16F3N7O2. The minimum atomic E-state index is -4.64. The Balaban J connectivity index is 1.66. The van der Waals surface area contributed by atoms with E-state index in [9.17, 15) is 18.0 Å². The fraction of sp³-hybridized carbons (Fsp3) is 0.150. The Morgan fingerprint density at radius 2 is 1.81 bits per heavy atom. The summed E-state index contributed by atoms with van der Waals surface area (Å²) >= 11 is 0. The van der Waals surface area contributed by atoms with E-state index in [1.165, 1.54) is 23.1 Å². The van der Waals surface area contributed by atoms with Crippen LogP contribution in [0.4, 0.5) is 19.0 Å². The molecule has 4 aromatic rings. The Hall–Kier alpha value is -4.22. The zero-order valence-electron chi connectivity index (χ0n) is 16.4. The third-order valence-corrected chi connectivity index (χ3v) is 4.51. The van der Waals surface area contributed by atoms with Crippen LogP contribution in [-0.4, -0.2) is 37.1 Å². The highest BCUT2D eigenvalue weighted by atomic mass is 19.4. The maximum Gasteiger partial charge on any atom is 0.419 e. The number of primary amides is 1. The van der Waals surface area contributed by atoms with Crippen LogP contribution < -0.4 is 16.2 Å². The molecule has 0 unspecified atom stereocenters. The fourth-order valence-corrected chi connectivity index (χ4v) is 2.94. The van der Waals surface area contributed by atoms with E-state index in [1.54, 1.807) is 24.3 Å². The molecule has 164 valence electrons. The molecule has 0 atom stereocenters. The van der Waals surface area contributed by atoms with E-state index in [-0.39, 0.29) is 18.6 Å². The number of pyridine rings is 2. The number of imidazole rings is 1. The van der Waals surface area contributed by atoms with Gasteiger partial charge in [0.25, 0.3) is 0 Å². The van der Waals surface area contributed by atoms with Crippen LogP contribution in [0.5, 0.6) is 5.88 Å². The van der Waals surface area contributed by atoms with Gasteiger partial charge >= 0.3 is 6.18 Å². The summed E-state index contributed by atoms with van der Waals surface area (Å²) < 4.78 is 46.4. The summed E-state index contributed by atoms with van der Waals surface area (Å²) in [6.45, 7) is 0.111. The molecule has 1 amide bonds. The first-order chi connectivity index (χ1) is 15.2. The summed E-state index contributed by atoms with van der Waals surface area (Å²) in [6.07, 6.45) is -0.396. The first-order valence-electron chi connectivity index (χ1n) is 9.28. The smallest absolute Gasteiger partial charge is 0.419 e. The van der Waals surface area contributed by atoms with Crippen molar-refractivity contribution >= 4 is 17.4 Å². The molecule has 4 heterocycles. The number of anilines is 1. The summed E-state index contributed by atoms with van der Waals surface area (Å²) in [6, 6.07) is 7.62. The predicted octanol–water partition coefficient (Wildman–Crippen LogP) is 2.71. The molecule has 0 aliphatic heterocycles. The van der Waals surface area contributed by atoms with Gasteiger partial charge in [0.2, 0.25) is 11.8 Å². The van der Waals surface area contributed by atoms with E-state index < -0.39 is 23.5 Å². The highest BCUT2D eigenvalue weighted by Crippen LogP contribution is 2.35. The Labute approximate surface area is 178 Å². The van der Waals surface area contributed by atoms with Crippen LogP contribution in [0.3, 0.4) is 0 Å². The predicted molar refractivity (Wildman–Crippen MR) is 108 cm³/mol. The average molecular weight is 443 g/mol. The van der Waals surface area contributed by atoms with Crippen molar-refractivity contribution in [3.8, 4) is 28.4 Å². The maximum atomic E-state index is 13.2. The number of aromatic nitrogens is 5. The van der Waals surface area contributed by atoms with E-state index in [0.717, 1.165) is 6.07 Å². The van der Waals surface area contributed by atoms with Gasteiger partial charge in [-0.2, -0.15) is 18.3 Å². The van der Waals surface area contributed by atoms with Gasteiger partial charge in [-0.25, -0.2) is 19.5 Å². The summed E-state index contributed by atoms with van der Waals surface area (Å²) in [7, 11) is 0. The molecule has 0 radical (unpaired) electrons. The number of carbonyl (C=O) groups is 1.